The highest BCUT2D eigenvalue weighted by molar-refractivity contribution is 5.94. The van der Waals surface area contributed by atoms with Crippen LogP contribution in [0.5, 0.6) is 0 Å². The molecule has 2 amide bonds. The minimum Gasteiger partial charge on any atom is -0.346 e. The predicted octanol–water partition coefficient (Wildman–Crippen LogP) is 7.93. The van der Waals surface area contributed by atoms with Crippen molar-refractivity contribution in [3.05, 3.63) is 0 Å². The van der Waals surface area contributed by atoms with E-state index in [1.165, 1.54) is 64.2 Å². The summed E-state index contributed by atoms with van der Waals surface area (Å²) in [6.07, 6.45) is 21.7. The molecule has 0 fully saturated rings. The van der Waals surface area contributed by atoms with Gasteiger partial charge in [-0.05, 0) is 69.9 Å². The summed E-state index contributed by atoms with van der Waals surface area (Å²) in [5.41, 5.74) is 11.4. The van der Waals surface area contributed by atoms with E-state index in [4.69, 9.17) is 11.5 Å². The van der Waals surface area contributed by atoms with Crippen molar-refractivity contribution < 1.29 is 19.2 Å². The molecule has 276 valence electrons. The molecule has 0 spiro atoms. The number of nitrogens with two attached hydrogens (primary N) is 2. The predicted molar refractivity (Wildman–Crippen MR) is 197 cm³/mol. The van der Waals surface area contributed by atoms with E-state index in [9.17, 15) is 19.2 Å². The Morgan fingerprint density at radius 1 is 0.532 bits per heavy atom. The van der Waals surface area contributed by atoms with Crippen molar-refractivity contribution in [1.29, 1.82) is 0 Å². The number of nitrogens with one attached hydrogen (secondary N) is 2. The number of Topliss-reactive ketones (excluding diaryl/α,β-unsaturated/α-hetero) is 2. The molecule has 8 heteroatoms. The zero-order valence-corrected chi connectivity index (χ0v) is 31.4. The number of hydrogen-bond donors (Lipinski definition) is 4. The first kappa shape index (κ1) is 45.2. The second-order valence-corrected chi connectivity index (χ2v) is 14.8. The van der Waals surface area contributed by atoms with Crippen LogP contribution in [0.4, 0.5) is 0 Å². The first-order valence-corrected chi connectivity index (χ1v) is 19.6. The van der Waals surface area contributed by atoms with E-state index in [1.54, 1.807) is 0 Å². The third kappa shape index (κ3) is 25.8. The molecule has 3 atom stereocenters. The van der Waals surface area contributed by atoms with Crippen molar-refractivity contribution in [2.75, 3.05) is 13.1 Å². The Labute approximate surface area is 289 Å². The average molecular weight is 665 g/mol. The summed E-state index contributed by atoms with van der Waals surface area (Å²) in [7, 11) is 0. The molecule has 0 saturated heterocycles. The Kier molecular flexibility index (Phi) is 29.1. The minimum absolute atomic E-state index is 0.0363. The number of unbranched alkanes of at least 4 members (excludes halogenated alkanes) is 14. The quantitative estimate of drug-likeness (QED) is 0.0525. The van der Waals surface area contributed by atoms with Crippen LogP contribution in [0.2, 0.25) is 0 Å². The molecule has 0 radical (unpaired) electrons. The Bertz CT molecular complexity index is 817. The van der Waals surface area contributed by atoms with Crippen LogP contribution in [-0.4, -0.2) is 48.6 Å². The Morgan fingerprint density at radius 2 is 1.02 bits per heavy atom. The van der Waals surface area contributed by atoms with E-state index in [0.29, 0.717) is 45.2 Å². The van der Waals surface area contributed by atoms with Crippen molar-refractivity contribution in [2.24, 2.45) is 29.2 Å². The summed E-state index contributed by atoms with van der Waals surface area (Å²) in [6, 6.07) is -1.19. The molecule has 0 bridgehead atoms. The number of hydrogen-bond acceptors (Lipinski definition) is 6. The van der Waals surface area contributed by atoms with Gasteiger partial charge in [-0.2, -0.15) is 0 Å². The summed E-state index contributed by atoms with van der Waals surface area (Å²) >= 11 is 0. The second-order valence-electron chi connectivity index (χ2n) is 14.8. The highest BCUT2D eigenvalue weighted by Crippen LogP contribution is 2.19. The molecule has 0 rings (SSSR count). The lowest BCUT2D eigenvalue weighted by atomic mass is 9.89. The van der Waals surface area contributed by atoms with E-state index in [-0.39, 0.29) is 41.6 Å². The number of rotatable bonds is 33. The van der Waals surface area contributed by atoms with E-state index in [1.807, 2.05) is 27.7 Å². The van der Waals surface area contributed by atoms with E-state index < -0.39 is 18.0 Å². The lowest BCUT2D eigenvalue weighted by Crippen LogP contribution is -2.46. The number of carbonyl (C=O) groups excluding carboxylic acids is 4. The maximum atomic E-state index is 13.6. The summed E-state index contributed by atoms with van der Waals surface area (Å²) < 4.78 is 0. The average Bonchev–Trinajstić information content (AvgIpc) is 3.01. The van der Waals surface area contributed by atoms with E-state index in [2.05, 4.69) is 17.6 Å². The number of ketones is 2. The second kappa shape index (κ2) is 30.3. The molecule has 6 N–H and O–H groups in total. The minimum atomic E-state index is -0.630. The molecule has 0 aromatic carbocycles. The molecule has 0 aromatic rings. The summed E-state index contributed by atoms with van der Waals surface area (Å²) in [4.78, 5) is 53.1. The topological polar surface area (TPSA) is 144 Å². The monoisotopic (exact) mass is 665 g/mol. The van der Waals surface area contributed by atoms with Crippen molar-refractivity contribution in [2.45, 2.75) is 194 Å². The van der Waals surface area contributed by atoms with Gasteiger partial charge in [0.25, 0.3) is 0 Å². The fourth-order valence-electron chi connectivity index (χ4n) is 6.20. The highest BCUT2D eigenvalue weighted by Gasteiger charge is 2.30. The lowest BCUT2D eigenvalue weighted by molar-refractivity contribution is -0.134. The maximum absolute atomic E-state index is 13.6. The van der Waals surface area contributed by atoms with E-state index in [0.717, 1.165) is 44.9 Å². The van der Waals surface area contributed by atoms with Crippen LogP contribution in [0.25, 0.3) is 0 Å². The van der Waals surface area contributed by atoms with Gasteiger partial charge in [-0.1, -0.05) is 118 Å². The van der Waals surface area contributed by atoms with Gasteiger partial charge in [-0.15, -0.1) is 0 Å². The molecule has 0 saturated carbocycles. The summed E-state index contributed by atoms with van der Waals surface area (Å²) in [6.45, 7) is 11.4. The van der Waals surface area contributed by atoms with Gasteiger partial charge in [0.1, 0.15) is 0 Å². The highest BCUT2D eigenvalue weighted by atomic mass is 16.2. The van der Waals surface area contributed by atoms with Crippen LogP contribution in [0.3, 0.4) is 0 Å². The van der Waals surface area contributed by atoms with Gasteiger partial charge in [0.05, 0.1) is 12.1 Å². The molecule has 47 heavy (non-hydrogen) atoms. The fourth-order valence-corrected chi connectivity index (χ4v) is 6.20. The molecule has 0 aliphatic rings. The van der Waals surface area contributed by atoms with Crippen molar-refractivity contribution >= 4 is 23.4 Å². The molecule has 0 aliphatic carbocycles. The lowest BCUT2D eigenvalue weighted by Gasteiger charge is -2.25. The Balaban J connectivity index is 5.02. The van der Waals surface area contributed by atoms with Gasteiger partial charge in [-0.25, -0.2) is 0 Å². The third-order valence-electron chi connectivity index (χ3n) is 9.02. The number of amides is 2. The standard InChI is InChI=1S/C39H76N4O4/c1-6-7-8-9-10-11-12-13-14-15-16-17-18-25-38(46)42-34(24-20-22-27-41)37(45)30-33(23-19-21-26-40)39(47)43-35(28-31(2)3)36(44)29-32(4)5/h31-35H,6-30,40-41H2,1-5H3,(H,42,46)(H,43,47)/t33-,34+,35+/m1/s1. The van der Waals surface area contributed by atoms with Crippen molar-refractivity contribution in [3.63, 3.8) is 0 Å². The molecule has 0 unspecified atom stereocenters. The van der Waals surface area contributed by atoms with Crippen molar-refractivity contribution in [3.8, 4) is 0 Å². The maximum Gasteiger partial charge on any atom is 0.224 e. The Morgan fingerprint density at radius 3 is 1.51 bits per heavy atom. The molecule has 0 aromatic heterocycles. The zero-order valence-electron chi connectivity index (χ0n) is 31.4. The SMILES string of the molecule is CCCCCCCCCCCCCCCC(=O)N[C@@H](CCCCN)C(=O)C[C@@H](CCCCN)C(=O)N[C@@H](CC(C)C)C(=O)CC(C)C. The largest absolute Gasteiger partial charge is 0.346 e. The molecule has 8 nitrogen and oxygen atoms in total. The van der Waals surface area contributed by atoms with Crippen LogP contribution in [0.15, 0.2) is 0 Å². The van der Waals surface area contributed by atoms with Gasteiger partial charge in [0.2, 0.25) is 11.8 Å². The number of carbonyl (C=O) groups is 4. The van der Waals surface area contributed by atoms with Crippen LogP contribution in [-0.2, 0) is 19.2 Å². The van der Waals surface area contributed by atoms with Gasteiger partial charge >= 0.3 is 0 Å². The van der Waals surface area contributed by atoms with Gasteiger partial charge in [0, 0.05) is 25.2 Å². The summed E-state index contributed by atoms with van der Waals surface area (Å²) in [5, 5.41) is 6.01. The third-order valence-corrected chi connectivity index (χ3v) is 9.02. The van der Waals surface area contributed by atoms with Crippen LogP contribution in [0, 0.1) is 17.8 Å². The van der Waals surface area contributed by atoms with Gasteiger partial charge in [0.15, 0.2) is 11.6 Å². The van der Waals surface area contributed by atoms with Crippen LogP contribution < -0.4 is 22.1 Å². The smallest absolute Gasteiger partial charge is 0.224 e. The van der Waals surface area contributed by atoms with E-state index >= 15 is 0 Å². The van der Waals surface area contributed by atoms with Gasteiger partial charge in [-0.3, -0.25) is 19.2 Å². The summed E-state index contributed by atoms with van der Waals surface area (Å²) in [5.74, 6) is -0.557. The molecular formula is C39H76N4O4. The first-order valence-electron chi connectivity index (χ1n) is 19.6. The van der Waals surface area contributed by atoms with Crippen LogP contribution in [0.1, 0.15) is 182 Å². The molecule has 0 aliphatic heterocycles. The van der Waals surface area contributed by atoms with Crippen LogP contribution >= 0.6 is 0 Å². The fraction of sp³-hybridized carbons (Fsp3) is 0.897. The normalized spacial score (nSPS) is 13.5. The zero-order chi connectivity index (χ0) is 35.3. The molecular weight excluding hydrogens is 588 g/mol. The first-order chi connectivity index (χ1) is 22.5. The Hall–Kier alpha value is -1.80. The molecule has 0 heterocycles. The van der Waals surface area contributed by atoms with Crippen molar-refractivity contribution in [1.82, 2.24) is 10.6 Å². The van der Waals surface area contributed by atoms with Gasteiger partial charge < -0.3 is 22.1 Å².